The first-order valence-corrected chi connectivity index (χ1v) is 5.37. The van der Waals surface area contributed by atoms with Gasteiger partial charge in [0, 0.05) is 0 Å². The first-order chi connectivity index (χ1) is 6.52. The number of rotatable bonds is 3. The molecule has 0 spiro atoms. The fraction of sp³-hybridized carbons (Fsp3) is 0.125. The van der Waals surface area contributed by atoms with Gasteiger partial charge in [0.05, 0.1) is 4.90 Å². The second-order valence-corrected chi connectivity index (χ2v) is 4.45. The van der Waals surface area contributed by atoms with E-state index in [0.29, 0.717) is 0 Å². The molecule has 0 fully saturated rings. The van der Waals surface area contributed by atoms with Gasteiger partial charge in [-0.1, -0.05) is 18.2 Å². The molecule has 0 aromatic heterocycles. The third-order valence-electron chi connectivity index (χ3n) is 1.46. The van der Waals surface area contributed by atoms with E-state index in [-0.39, 0.29) is 4.90 Å². The first-order valence-electron chi connectivity index (χ1n) is 3.72. The number of carbonyl (C=O) groups excluding carboxylic acids is 1. The molecule has 0 aliphatic heterocycles. The molecule has 6 heteroatoms. The third kappa shape index (κ3) is 2.74. The maximum atomic E-state index is 11.4. The Morgan fingerprint density at radius 2 is 1.86 bits per heavy atom. The Bertz CT molecular complexity index is 412. The Balaban J connectivity index is 2.82. The lowest BCUT2D eigenvalue weighted by Crippen LogP contribution is -2.19. The van der Waals surface area contributed by atoms with E-state index in [1.54, 1.807) is 18.2 Å². The number of carbonyl (C=O) groups is 1. The van der Waals surface area contributed by atoms with Crippen LogP contribution in [0.15, 0.2) is 35.2 Å². The van der Waals surface area contributed by atoms with Crippen LogP contribution in [0.3, 0.4) is 0 Å². The van der Waals surface area contributed by atoms with E-state index in [1.165, 1.54) is 12.1 Å². The summed E-state index contributed by atoms with van der Waals surface area (Å²) in [6.07, 6.45) is -1.11. The van der Waals surface area contributed by atoms with E-state index < -0.39 is 21.9 Å². The third-order valence-corrected chi connectivity index (χ3v) is 2.88. The quantitative estimate of drug-likeness (QED) is 0.796. The monoisotopic (exact) mass is 215 g/mol. The number of hydrogen-bond acceptors (Lipinski definition) is 4. The summed E-state index contributed by atoms with van der Waals surface area (Å²) in [7, 11) is -3.58. The number of sulfone groups is 1. The van der Waals surface area contributed by atoms with E-state index in [4.69, 9.17) is 0 Å². The molecule has 2 N–H and O–H groups in total. The second-order valence-electron chi connectivity index (χ2n) is 2.51. The molecule has 1 rings (SSSR count). The maximum absolute atomic E-state index is 11.4. The summed E-state index contributed by atoms with van der Waals surface area (Å²) < 4.78 is 27.0. The van der Waals surface area contributed by atoms with Crippen molar-refractivity contribution in [3.05, 3.63) is 30.3 Å². The maximum Gasteiger partial charge on any atom is 0.405 e. The first kappa shape index (κ1) is 10.5. The number of nitrogens with two attached hydrogens (primary N) is 1. The number of primary amides is 1. The van der Waals surface area contributed by atoms with Crippen LogP contribution in [-0.2, 0) is 14.6 Å². The standard InChI is InChI=1S/C8H9NO4S/c9-8(10)13-6-14(11,12)7-4-2-1-3-5-7/h1-5H,6H2,(H2,9,10). The van der Waals surface area contributed by atoms with Gasteiger partial charge in [0.1, 0.15) is 0 Å². The molecule has 0 bridgehead atoms. The molecule has 0 unspecified atom stereocenters. The van der Waals surface area contributed by atoms with Gasteiger partial charge in [0.25, 0.3) is 0 Å². The van der Waals surface area contributed by atoms with Gasteiger partial charge in [-0.15, -0.1) is 0 Å². The van der Waals surface area contributed by atoms with Gasteiger partial charge in [-0.2, -0.15) is 0 Å². The lowest BCUT2D eigenvalue weighted by atomic mass is 10.4. The molecule has 0 heterocycles. The molecule has 1 amide bonds. The highest BCUT2D eigenvalue weighted by Crippen LogP contribution is 2.09. The van der Waals surface area contributed by atoms with Crippen molar-refractivity contribution in [3.8, 4) is 0 Å². The fourth-order valence-electron chi connectivity index (χ4n) is 0.832. The zero-order valence-corrected chi connectivity index (χ0v) is 8.03. The van der Waals surface area contributed by atoms with Gasteiger partial charge in [0.15, 0.2) is 5.94 Å². The van der Waals surface area contributed by atoms with E-state index in [2.05, 4.69) is 10.5 Å². The van der Waals surface area contributed by atoms with E-state index in [0.717, 1.165) is 0 Å². The molecule has 0 atom stereocenters. The molecule has 1 aromatic rings. The van der Waals surface area contributed by atoms with E-state index in [1.807, 2.05) is 0 Å². The molecular formula is C8H9NO4S. The predicted octanol–water partition coefficient (Wildman–Crippen LogP) is 0.513. The second kappa shape index (κ2) is 4.10. The van der Waals surface area contributed by atoms with E-state index >= 15 is 0 Å². The minimum absolute atomic E-state index is 0.0984. The van der Waals surface area contributed by atoms with Crippen LogP contribution in [0.5, 0.6) is 0 Å². The summed E-state index contributed by atoms with van der Waals surface area (Å²) in [6, 6.07) is 7.68. The van der Waals surface area contributed by atoms with Crippen LogP contribution in [0.1, 0.15) is 0 Å². The van der Waals surface area contributed by atoms with Crippen molar-refractivity contribution in [2.75, 3.05) is 5.94 Å². The molecule has 1 aromatic carbocycles. The highest BCUT2D eigenvalue weighted by atomic mass is 32.2. The molecule has 0 radical (unpaired) electrons. The minimum Gasteiger partial charge on any atom is -0.433 e. The van der Waals surface area contributed by atoms with Crippen molar-refractivity contribution in [2.45, 2.75) is 4.90 Å². The van der Waals surface area contributed by atoms with Gasteiger partial charge >= 0.3 is 6.09 Å². The predicted molar refractivity (Wildman–Crippen MR) is 49.2 cm³/mol. The van der Waals surface area contributed by atoms with Crippen LogP contribution in [0.2, 0.25) is 0 Å². The fourth-order valence-corrected chi connectivity index (χ4v) is 1.81. The Kier molecular flexibility index (Phi) is 3.08. The van der Waals surface area contributed by atoms with Gasteiger partial charge in [-0.05, 0) is 12.1 Å². The molecule has 0 aliphatic carbocycles. The van der Waals surface area contributed by atoms with Gasteiger partial charge < -0.3 is 10.5 Å². The van der Waals surface area contributed by atoms with Crippen molar-refractivity contribution < 1.29 is 17.9 Å². The Morgan fingerprint density at radius 1 is 1.29 bits per heavy atom. The van der Waals surface area contributed by atoms with Crippen LogP contribution >= 0.6 is 0 Å². The lowest BCUT2D eigenvalue weighted by Gasteiger charge is -2.03. The lowest BCUT2D eigenvalue weighted by molar-refractivity contribution is 0.174. The van der Waals surface area contributed by atoms with Crippen molar-refractivity contribution in [1.82, 2.24) is 0 Å². The van der Waals surface area contributed by atoms with Gasteiger partial charge in [-0.3, -0.25) is 0 Å². The Hall–Kier alpha value is -1.56. The SMILES string of the molecule is NC(=O)OCS(=O)(=O)c1ccccc1. The molecule has 5 nitrogen and oxygen atoms in total. The largest absolute Gasteiger partial charge is 0.433 e. The van der Waals surface area contributed by atoms with E-state index in [9.17, 15) is 13.2 Å². The molecule has 0 saturated carbocycles. The summed E-state index contributed by atoms with van der Waals surface area (Å²) in [6.45, 7) is 0. The average molecular weight is 215 g/mol. The molecule has 14 heavy (non-hydrogen) atoms. The number of benzene rings is 1. The summed E-state index contributed by atoms with van der Waals surface area (Å²) in [5.41, 5.74) is 4.65. The molecule has 0 aliphatic rings. The normalized spacial score (nSPS) is 10.9. The van der Waals surface area contributed by atoms with Crippen LogP contribution in [0, 0.1) is 0 Å². The molecule has 76 valence electrons. The highest BCUT2D eigenvalue weighted by molar-refractivity contribution is 7.91. The number of amides is 1. The summed E-state index contributed by atoms with van der Waals surface area (Å²) in [4.78, 5) is 10.3. The average Bonchev–Trinajstić information content (AvgIpc) is 2.16. The van der Waals surface area contributed by atoms with Crippen LogP contribution in [0.4, 0.5) is 4.79 Å². The van der Waals surface area contributed by atoms with Crippen LogP contribution in [-0.4, -0.2) is 20.4 Å². The minimum atomic E-state index is -3.58. The highest BCUT2D eigenvalue weighted by Gasteiger charge is 2.15. The van der Waals surface area contributed by atoms with Crippen molar-refractivity contribution in [1.29, 1.82) is 0 Å². The smallest absolute Gasteiger partial charge is 0.405 e. The zero-order valence-electron chi connectivity index (χ0n) is 7.21. The summed E-state index contributed by atoms with van der Waals surface area (Å²) >= 11 is 0. The Morgan fingerprint density at radius 3 is 2.36 bits per heavy atom. The number of ether oxygens (including phenoxy) is 1. The Labute approximate surface area is 81.4 Å². The topological polar surface area (TPSA) is 86.5 Å². The van der Waals surface area contributed by atoms with Crippen LogP contribution < -0.4 is 5.73 Å². The van der Waals surface area contributed by atoms with Gasteiger partial charge in [0.2, 0.25) is 9.84 Å². The van der Waals surface area contributed by atoms with Gasteiger partial charge in [-0.25, -0.2) is 13.2 Å². The van der Waals surface area contributed by atoms with Crippen LogP contribution in [0.25, 0.3) is 0 Å². The zero-order chi connectivity index (χ0) is 10.6. The summed E-state index contributed by atoms with van der Waals surface area (Å²) in [5.74, 6) is -0.730. The van der Waals surface area contributed by atoms with Crippen molar-refractivity contribution >= 4 is 15.9 Å². The molecule has 0 saturated heterocycles. The van der Waals surface area contributed by atoms with Crippen molar-refractivity contribution in [2.24, 2.45) is 5.73 Å². The number of hydrogen-bond donors (Lipinski definition) is 1. The molecular weight excluding hydrogens is 206 g/mol. The summed E-state index contributed by atoms with van der Waals surface area (Å²) in [5, 5.41) is 0. The van der Waals surface area contributed by atoms with Crippen molar-refractivity contribution in [3.63, 3.8) is 0 Å².